The molecule has 31 heavy (non-hydrogen) atoms. The molecule has 5 nitrogen and oxygen atoms in total. The highest BCUT2D eigenvalue weighted by atomic mass is 79.9. The minimum absolute atomic E-state index is 0.106. The van der Waals surface area contributed by atoms with E-state index >= 15 is 0 Å². The van der Waals surface area contributed by atoms with Gasteiger partial charge in [-0.1, -0.05) is 55.7 Å². The second-order valence-electron chi connectivity index (χ2n) is 8.60. The Hall–Kier alpha value is -1.70. The van der Waals surface area contributed by atoms with E-state index in [1.807, 2.05) is 30.4 Å². The first kappa shape index (κ1) is 24.0. The third-order valence-electron chi connectivity index (χ3n) is 5.97. The summed E-state index contributed by atoms with van der Waals surface area (Å²) < 4.78 is 28.2. The van der Waals surface area contributed by atoms with Crippen LogP contribution in [-0.2, 0) is 10.0 Å². The first-order chi connectivity index (χ1) is 14.8. The Morgan fingerprint density at radius 3 is 2.81 bits per heavy atom. The Kier molecular flexibility index (Phi) is 8.30. The molecule has 0 heterocycles. The van der Waals surface area contributed by atoms with Crippen molar-refractivity contribution in [3.8, 4) is 0 Å². The molecule has 168 valence electrons. The molecule has 0 bridgehead atoms. The summed E-state index contributed by atoms with van der Waals surface area (Å²) in [6.07, 6.45) is 15.2. The number of hydrogen-bond acceptors (Lipinski definition) is 3. The molecule has 0 radical (unpaired) electrons. The van der Waals surface area contributed by atoms with Crippen LogP contribution in [0.5, 0.6) is 0 Å². The number of sulfonamides is 1. The smallest absolute Gasteiger partial charge is 0.251 e. The average molecular weight is 507 g/mol. The molecule has 0 aromatic heterocycles. The summed E-state index contributed by atoms with van der Waals surface area (Å²) in [7, 11) is -2.19. The Balaban J connectivity index is 1.71. The van der Waals surface area contributed by atoms with Crippen LogP contribution in [0.1, 0.15) is 49.4 Å². The second-order valence-corrected chi connectivity index (χ2v) is 11.5. The molecule has 2 atom stereocenters. The van der Waals surface area contributed by atoms with Gasteiger partial charge >= 0.3 is 0 Å². The lowest BCUT2D eigenvalue weighted by molar-refractivity contribution is 0.0940. The number of nitrogens with zero attached hydrogens (tertiary/aromatic N) is 1. The van der Waals surface area contributed by atoms with Crippen molar-refractivity contribution in [3.05, 3.63) is 64.2 Å². The fourth-order valence-corrected chi connectivity index (χ4v) is 6.33. The van der Waals surface area contributed by atoms with Crippen LogP contribution in [0.25, 0.3) is 0 Å². The number of benzene rings is 1. The quantitative estimate of drug-likeness (QED) is 0.561. The Morgan fingerprint density at radius 1 is 1.23 bits per heavy atom. The van der Waals surface area contributed by atoms with Gasteiger partial charge in [-0.3, -0.25) is 4.79 Å². The molecule has 0 saturated heterocycles. The molecule has 7 heteroatoms. The highest BCUT2D eigenvalue weighted by molar-refractivity contribution is 9.10. The van der Waals surface area contributed by atoms with Gasteiger partial charge in [0.1, 0.15) is 0 Å². The maximum atomic E-state index is 13.2. The molecule has 1 aromatic rings. The van der Waals surface area contributed by atoms with Gasteiger partial charge in [-0.2, -0.15) is 4.31 Å². The van der Waals surface area contributed by atoms with E-state index in [9.17, 15) is 13.2 Å². The summed E-state index contributed by atoms with van der Waals surface area (Å²) in [4.78, 5) is 12.8. The van der Waals surface area contributed by atoms with Crippen LogP contribution in [0.15, 0.2) is 63.5 Å². The third-order valence-corrected chi connectivity index (χ3v) is 8.77. The van der Waals surface area contributed by atoms with Gasteiger partial charge in [0.05, 0.1) is 4.90 Å². The van der Waals surface area contributed by atoms with Crippen LogP contribution in [0.4, 0.5) is 0 Å². The van der Waals surface area contributed by atoms with Crippen molar-refractivity contribution in [1.29, 1.82) is 0 Å². The molecule has 1 N–H and O–H groups in total. The minimum atomic E-state index is -3.76. The SMILES string of the molecule is C[C@@H]1CCC[C@H](CNC(=O)c2ccc(Br)c(S(=O)(=O)N(C)CC3=CC=CC=CC3)c2)C1. The third kappa shape index (κ3) is 6.40. The Labute approximate surface area is 194 Å². The van der Waals surface area contributed by atoms with Gasteiger partial charge in [-0.25, -0.2) is 8.42 Å². The van der Waals surface area contributed by atoms with E-state index in [0.717, 1.165) is 18.4 Å². The van der Waals surface area contributed by atoms with E-state index < -0.39 is 10.0 Å². The van der Waals surface area contributed by atoms with Gasteiger partial charge in [0.2, 0.25) is 10.0 Å². The average Bonchev–Trinajstić information content (AvgIpc) is 3.01. The zero-order valence-electron chi connectivity index (χ0n) is 18.2. The largest absolute Gasteiger partial charge is 0.352 e. The molecule has 0 spiro atoms. The standard InChI is InChI=1S/C24H31BrN2O3S/c1-18-8-7-11-20(14-18)16-26-24(28)21-12-13-22(25)23(15-21)31(29,30)27(2)17-19-9-5-3-4-6-10-19/h3-6,9,12-13,15,18,20H,7-8,10-11,14,16-17H2,1-2H3,(H,26,28)/t18-,20+/m1/s1. The number of nitrogens with one attached hydrogen (secondary N) is 1. The molecule has 1 aromatic carbocycles. The lowest BCUT2D eigenvalue weighted by atomic mass is 9.82. The first-order valence-corrected chi connectivity index (χ1v) is 13.1. The lowest BCUT2D eigenvalue weighted by Gasteiger charge is -2.26. The predicted molar refractivity (Wildman–Crippen MR) is 128 cm³/mol. The van der Waals surface area contributed by atoms with E-state index in [4.69, 9.17) is 0 Å². The molecule has 0 aliphatic heterocycles. The van der Waals surface area contributed by atoms with Crippen molar-refractivity contribution in [2.45, 2.75) is 43.9 Å². The number of carbonyl (C=O) groups is 1. The zero-order valence-corrected chi connectivity index (χ0v) is 20.6. The van der Waals surface area contributed by atoms with Gasteiger partial charge in [-0.15, -0.1) is 0 Å². The summed E-state index contributed by atoms with van der Waals surface area (Å²) >= 11 is 3.36. The Bertz CT molecular complexity index is 998. The number of rotatable bonds is 7. The lowest BCUT2D eigenvalue weighted by Crippen LogP contribution is -2.32. The van der Waals surface area contributed by atoms with Crippen LogP contribution >= 0.6 is 15.9 Å². The second kappa shape index (κ2) is 10.7. The first-order valence-electron chi connectivity index (χ1n) is 10.8. The fraction of sp³-hybridized carbons (Fsp3) is 0.458. The van der Waals surface area contributed by atoms with Crippen LogP contribution in [0.2, 0.25) is 0 Å². The van der Waals surface area contributed by atoms with E-state index in [0.29, 0.717) is 41.4 Å². The molecule has 2 aliphatic carbocycles. The summed E-state index contributed by atoms with van der Waals surface area (Å²) in [5.41, 5.74) is 1.36. The summed E-state index contributed by atoms with van der Waals surface area (Å²) in [5, 5.41) is 3.00. The van der Waals surface area contributed by atoms with Crippen molar-refractivity contribution in [3.63, 3.8) is 0 Å². The van der Waals surface area contributed by atoms with Crippen molar-refractivity contribution in [1.82, 2.24) is 9.62 Å². The van der Waals surface area contributed by atoms with Gasteiger partial charge in [0, 0.05) is 30.2 Å². The van der Waals surface area contributed by atoms with E-state index in [2.05, 4.69) is 28.2 Å². The molecular formula is C24H31BrN2O3S. The van der Waals surface area contributed by atoms with Crippen molar-refractivity contribution in [2.75, 3.05) is 20.1 Å². The fourth-order valence-electron chi connectivity index (χ4n) is 4.20. The van der Waals surface area contributed by atoms with Crippen LogP contribution < -0.4 is 5.32 Å². The maximum absolute atomic E-state index is 13.2. The maximum Gasteiger partial charge on any atom is 0.251 e. The van der Waals surface area contributed by atoms with E-state index in [1.165, 1.54) is 23.2 Å². The topological polar surface area (TPSA) is 66.5 Å². The minimum Gasteiger partial charge on any atom is -0.352 e. The predicted octanol–water partition coefficient (Wildman–Crippen LogP) is 5.07. The van der Waals surface area contributed by atoms with Crippen LogP contribution in [0, 0.1) is 11.8 Å². The molecule has 2 aliphatic rings. The number of likely N-dealkylation sites (N-methyl/N-ethyl adjacent to an activating group) is 1. The number of halogens is 1. The molecule has 1 fully saturated rings. The number of carbonyl (C=O) groups excluding carboxylic acids is 1. The van der Waals surface area contributed by atoms with Gasteiger partial charge in [-0.05, 0) is 65.2 Å². The molecule has 1 amide bonds. The summed E-state index contributed by atoms with van der Waals surface area (Å²) in [6.45, 7) is 3.18. The Morgan fingerprint density at radius 2 is 2.03 bits per heavy atom. The monoisotopic (exact) mass is 506 g/mol. The van der Waals surface area contributed by atoms with Gasteiger partial charge in [0.15, 0.2) is 0 Å². The van der Waals surface area contributed by atoms with Crippen LogP contribution in [-0.4, -0.2) is 38.8 Å². The molecule has 3 rings (SSSR count). The van der Waals surface area contributed by atoms with Gasteiger partial charge in [0.25, 0.3) is 5.91 Å². The normalized spacial score (nSPS) is 21.6. The number of hydrogen-bond donors (Lipinski definition) is 1. The van der Waals surface area contributed by atoms with Crippen molar-refractivity contribution in [2.24, 2.45) is 11.8 Å². The summed E-state index contributed by atoms with van der Waals surface area (Å²) in [6, 6.07) is 4.76. The van der Waals surface area contributed by atoms with Crippen molar-refractivity contribution < 1.29 is 13.2 Å². The number of allylic oxidation sites excluding steroid dienone is 5. The molecular weight excluding hydrogens is 476 g/mol. The van der Waals surface area contributed by atoms with E-state index in [-0.39, 0.29) is 10.8 Å². The summed E-state index contributed by atoms with van der Waals surface area (Å²) in [5.74, 6) is 0.963. The molecule has 0 unspecified atom stereocenters. The zero-order chi connectivity index (χ0) is 22.4. The van der Waals surface area contributed by atoms with E-state index in [1.54, 1.807) is 19.2 Å². The van der Waals surface area contributed by atoms with Crippen molar-refractivity contribution >= 4 is 31.9 Å². The number of amides is 1. The van der Waals surface area contributed by atoms with Gasteiger partial charge < -0.3 is 5.32 Å². The highest BCUT2D eigenvalue weighted by Crippen LogP contribution is 2.29. The van der Waals surface area contributed by atoms with Crippen LogP contribution in [0.3, 0.4) is 0 Å². The highest BCUT2D eigenvalue weighted by Gasteiger charge is 2.26. The molecule has 1 saturated carbocycles.